The molecule has 1 aliphatic rings. The van der Waals surface area contributed by atoms with Gasteiger partial charge in [0.05, 0.1) is 12.5 Å². The number of ether oxygens (including phenoxy) is 2. The Morgan fingerprint density at radius 1 is 1.29 bits per heavy atom. The van der Waals surface area contributed by atoms with Crippen molar-refractivity contribution in [2.24, 2.45) is 5.73 Å². The fourth-order valence-corrected chi connectivity index (χ4v) is 1.62. The minimum atomic E-state index is -0.275. The van der Waals surface area contributed by atoms with Gasteiger partial charge in [-0.05, 0) is 12.8 Å². The van der Waals surface area contributed by atoms with Crippen molar-refractivity contribution in [2.45, 2.75) is 44.6 Å². The number of esters is 1. The van der Waals surface area contributed by atoms with Gasteiger partial charge in [-0.1, -0.05) is 19.3 Å². The lowest BCUT2D eigenvalue weighted by Crippen LogP contribution is -2.20. The summed E-state index contributed by atoms with van der Waals surface area (Å²) in [7, 11) is 0. The quantitative estimate of drug-likeness (QED) is 0.536. The largest absolute Gasteiger partial charge is 0.438 e. The number of nitrogens with two attached hydrogens (primary N) is 1. The Morgan fingerprint density at radius 3 is 2.64 bits per heavy atom. The number of hydrogen-bond donors (Lipinski definition) is 1. The van der Waals surface area contributed by atoms with Crippen molar-refractivity contribution in [2.75, 3.05) is 13.3 Å². The molecule has 0 saturated heterocycles. The first kappa shape index (κ1) is 11.5. The van der Waals surface area contributed by atoms with Crippen LogP contribution in [-0.2, 0) is 14.3 Å². The summed E-state index contributed by atoms with van der Waals surface area (Å²) in [6.07, 6.45) is 6.49. The normalized spacial score (nSPS) is 18.1. The van der Waals surface area contributed by atoms with Crippen molar-refractivity contribution >= 4 is 5.97 Å². The van der Waals surface area contributed by atoms with Crippen LogP contribution >= 0.6 is 0 Å². The maximum Gasteiger partial charge on any atom is 0.309 e. The molecule has 2 N–H and O–H groups in total. The van der Waals surface area contributed by atoms with Gasteiger partial charge in [0.25, 0.3) is 0 Å². The summed E-state index contributed by atoms with van der Waals surface area (Å²) < 4.78 is 10.3. The Morgan fingerprint density at radius 2 is 2.00 bits per heavy atom. The molecule has 0 aromatic carbocycles. The molecule has 0 aromatic heterocycles. The van der Waals surface area contributed by atoms with E-state index in [0.717, 1.165) is 12.8 Å². The van der Waals surface area contributed by atoms with Gasteiger partial charge in [-0.25, -0.2) is 0 Å². The Labute approximate surface area is 84.7 Å². The highest BCUT2D eigenvalue weighted by Gasteiger charge is 2.13. The summed E-state index contributed by atoms with van der Waals surface area (Å²) in [5.74, 6) is -0.275. The second-order valence-corrected chi connectivity index (χ2v) is 3.60. The molecule has 1 fully saturated rings. The van der Waals surface area contributed by atoms with Crippen LogP contribution in [0.5, 0.6) is 0 Å². The minimum Gasteiger partial charge on any atom is -0.438 e. The molecule has 0 unspecified atom stereocenters. The molecule has 0 amide bonds. The van der Waals surface area contributed by atoms with E-state index in [2.05, 4.69) is 0 Å². The van der Waals surface area contributed by atoms with Crippen molar-refractivity contribution in [1.82, 2.24) is 0 Å². The van der Waals surface area contributed by atoms with Gasteiger partial charge >= 0.3 is 5.97 Å². The van der Waals surface area contributed by atoms with E-state index in [0.29, 0.717) is 6.54 Å². The maximum absolute atomic E-state index is 10.9. The summed E-state index contributed by atoms with van der Waals surface area (Å²) in [5.41, 5.74) is 5.20. The number of carbonyl (C=O) groups excluding carboxylic acids is 1. The molecular formula is C10H19NO3. The lowest BCUT2D eigenvalue weighted by Gasteiger charge is -2.21. The first-order valence-corrected chi connectivity index (χ1v) is 5.30. The van der Waals surface area contributed by atoms with Crippen molar-refractivity contribution < 1.29 is 14.3 Å². The average molecular weight is 201 g/mol. The molecule has 0 bridgehead atoms. The average Bonchev–Trinajstić information content (AvgIpc) is 2.20. The van der Waals surface area contributed by atoms with E-state index in [1.807, 2.05) is 0 Å². The van der Waals surface area contributed by atoms with Crippen LogP contribution < -0.4 is 5.73 Å². The molecule has 0 atom stereocenters. The van der Waals surface area contributed by atoms with Crippen LogP contribution in [0.3, 0.4) is 0 Å². The van der Waals surface area contributed by atoms with Gasteiger partial charge in [0, 0.05) is 6.54 Å². The molecule has 1 saturated carbocycles. The SMILES string of the molecule is NCCC(=O)OCOC1CCCCC1. The molecule has 0 spiro atoms. The Bertz CT molecular complexity index is 167. The topological polar surface area (TPSA) is 61.6 Å². The third-order valence-electron chi connectivity index (χ3n) is 2.42. The van der Waals surface area contributed by atoms with Gasteiger partial charge in [0.1, 0.15) is 0 Å². The van der Waals surface area contributed by atoms with Crippen LogP contribution in [0.25, 0.3) is 0 Å². The van der Waals surface area contributed by atoms with Crippen LogP contribution in [0.1, 0.15) is 38.5 Å². The Kier molecular flexibility index (Phi) is 5.56. The predicted octanol–water partition coefficient (Wildman–Crippen LogP) is 1.19. The highest BCUT2D eigenvalue weighted by Crippen LogP contribution is 2.19. The van der Waals surface area contributed by atoms with Crippen LogP contribution in [0, 0.1) is 0 Å². The maximum atomic E-state index is 10.9. The van der Waals surface area contributed by atoms with Crippen LogP contribution in [0.4, 0.5) is 0 Å². The highest BCUT2D eigenvalue weighted by molar-refractivity contribution is 5.69. The third kappa shape index (κ3) is 4.58. The van der Waals surface area contributed by atoms with E-state index in [-0.39, 0.29) is 25.3 Å². The zero-order valence-corrected chi connectivity index (χ0v) is 8.54. The number of hydrogen-bond acceptors (Lipinski definition) is 4. The van der Waals surface area contributed by atoms with E-state index in [1.54, 1.807) is 0 Å². The Hall–Kier alpha value is -0.610. The second-order valence-electron chi connectivity index (χ2n) is 3.60. The smallest absolute Gasteiger partial charge is 0.309 e. The van der Waals surface area contributed by atoms with Gasteiger partial charge in [0.2, 0.25) is 0 Å². The molecular weight excluding hydrogens is 182 g/mol. The molecule has 0 radical (unpaired) electrons. The van der Waals surface area contributed by atoms with Crippen molar-refractivity contribution in [3.8, 4) is 0 Å². The summed E-state index contributed by atoms with van der Waals surface area (Å²) in [6.45, 7) is 0.422. The van der Waals surface area contributed by atoms with E-state index < -0.39 is 0 Å². The lowest BCUT2D eigenvalue weighted by atomic mass is 9.98. The molecule has 4 nitrogen and oxygen atoms in total. The molecule has 0 aromatic rings. The second kappa shape index (κ2) is 6.79. The van der Waals surface area contributed by atoms with Crippen molar-refractivity contribution in [3.63, 3.8) is 0 Å². The van der Waals surface area contributed by atoms with Gasteiger partial charge < -0.3 is 15.2 Å². The summed E-state index contributed by atoms with van der Waals surface area (Å²) >= 11 is 0. The minimum absolute atomic E-state index is 0.0868. The van der Waals surface area contributed by atoms with Gasteiger partial charge in [-0.15, -0.1) is 0 Å². The highest BCUT2D eigenvalue weighted by atomic mass is 16.7. The van der Waals surface area contributed by atoms with E-state index >= 15 is 0 Å². The van der Waals surface area contributed by atoms with Crippen LogP contribution in [0.15, 0.2) is 0 Å². The van der Waals surface area contributed by atoms with Gasteiger partial charge in [-0.3, -0.25) is 4.79 Å². The fraction of sp³-hybridized carbons (Fsp3) is 0.900. The van der Waals surface area contributed by atoms with E-state index in [1.165, 1.54) is 19.3 Å². The summed E-state index contributed by atoms with van der Waals surface area (Å²) in [4.78, 5) is 10.9. The van der Waals surface area contributed by atoms with Crippen molar-refractivity contribution in [3.05, 3.63) is 0 Å². The summed E-state index contributed by atoms with van der Waals surface area (Å²) in [5, 5.41) is 0. The van der Waals surface area contributed by atoms with Gasteiger partial charge in [-0.2, -0.15) is 0 Å². The lowest BCUT2D eigenvalue weighted by molar-refractivity contribution is -0.161. The molecule has 14 heavy (non-hydrogen) atoms. The first-order valence-electron chi connectivity index (χ1n) is 5.30. The van der Waals surface area contributed by atoms with Gasteiger partial charge in [0.15, 0.2) is 6.79 Å². The zero-order valence-electron chi connectivity index (χ0n) is 8.54. The standard InChI is InChI=1S/C10H19NO3/c11-7-6-10(12)14-8-13-9-4-2-1-3-5-9/h9H,1-8,11H2. The molecule has 0 heterocycles. The Balaban J connectivity index is 1.99. The van der Waals surface area contributed by atoms with E-state index in [9.17, 15) is 4.79 Å². The number of rotatable bonds is 5. The predicted molar refractivity (Wildman–Crippen MR) is 52.6 cm³/mol. The van der Waals surface area contributed by atoms with E-state index in [4.69, 9.17) is 15.2 Å². The molecule has 4 heteroatoms. The molecule has 82 valence electrons. The van der Waals surface area contributed by atoms with Crippen LogP contribution in [0.2, 0.25) is 0 Å². The molecule has 1 rings (SSSR count). The third-order valence-corrected chi connectivity index (χ3v) is 2.42. The monoisotopic (exact) mass is 201 g/mol. The zero-order chi connectivity index (χ0) is 10.2. The van der Waals surface area contributed by atoms with Crippen molar-refractivity contribution in [1.29, 1.82) is 0 Å². The fourth-order valence-electron chi connectivity index (χ4n) is 1.62. The summed E-state index contributed by atoms with van der Waals surface area (Å²) in [6, 6.07) is 0. The number of carbonyl (C=O) groups is 1. The first-order chi connectivity index (χ1) is 6.83. The van der Waals surface area contributed by atoms with Crippen LogP contribution in [-0.4, -0.2) is 25.4 Å². The molecule has 1 aliphatic carbocycles. The molecule has 0 aliphatic heterocycles.